The molecule has 4 rings (SSSR count). The molecule has 0 spiro atoms. The van der Waals surface area contributed by atoms with Crippen LogP contribution in [0.1, 0.15) is 18.7 Å². The van der Waals surface area contributed by atoms with Crippen LogP contribution in [0.2, 0.25) is 0 Å². The highest BCUT2D eigenvalue weighted by molar-refractivity contribution is 5.93. The summed E-state index contributed by atoms with van der Waals surface area (Å²) in [6.45, 7) is 3.06. The minimum atomic E-state index is -0.663. The van der Waals surface area contributed by atoms with Crippen LogP contribution in [0.25, 0.3) is 5.82 Å². The Labute approximate surface area is 166 Å². The zero-order valence-electron chi connectivity index (χ0n) is 15.8. The summed E-state index contributed by atoms with van der Waals surface area (Å²) >= 11 is 0. The molecule has 1 unspecified atom stereocenters. The normalized spacial score (nSPS) is 16.7. The van der Waals surface area contributed by atoms with Crippen molar-refractivity contribution in [2.24, 2.45) is 5.92 Å². The van der Waals surface area contributed by atoms with Gasteiger partial charge in [0.2, 0.25) is 5.91 Å². The van der Waals surface area contributed by atoms with Crippen LogP contribution in [0, 0.1) is 24.5 Å². The third kappa shape index (κ3) is 4.08. The summed E-state index contributed by atoms with van der Waals surface area (Å²) in [4.78, 5) is 18.7. The summed E-state index contributed by atoms with van der Waals surface area (Å²) in [5.41, 5.74) is -0.146. The SMILES string of the molecule is Cc1nccn1-c1ccc(N2CCCC(C(=O)Nc3cc(F)ccc3F)C2)nn1. The second-order valence-corrected chi connectivity index (χ2v) is 6.99. The fourth-order valence-electron chi connectivity index (χ4n) is 3.46. The Morgan fingerprint density at radius 2 is 1.97 bits per heavy atom. The summed E-state index contributed by atoms with van der Waals surface area (Å²) in [5, 5.41) is 11.0. The number of halogens is 2. The molecule has 1 aromatic carbocycles. The number of piperidine rings is 1. The van der Waals surface area contributed by atoms with E-state index in [1.54, 1.807) is 6.20 Å². The molecule has 1 N–H and O–H groups in total. The number of anilines is 2. The summed E-state index contributed by atoms with van der Waals surface area (Å²) in [6.07, 6.45) is 4.96. The lowest BCUT2D eigenvalue weighted by Gasteiger charge is -2.32. The van der Waals surface area contributed by atoms with Gasteiger partial charge in [0.05, 0.1) is 11.6 Å². The van der Waals surface area contributed by atoms with Crippen molar-refractivity contribution in [3.05, 3.63) is 60.2 Å². The van der Waals surface area contributed by atoms with Gasteiger partial charge in [-0.25, -0.2) is 13.8 Å². The van der Waals surface area contributed by atoms with Gasteiger partial charge < -0.3 is 10.2 Å². The highest BCUT2D eigenvalue weighted by Crippen LogP contribution is 2.24. The second-order valence-electron chi connectivity index (χ2n) is 6.99. The van der Waals surface area contributed by atoms with Crippen molar-refractivity contribution in [2.75, 3.05) is 23.3 Å². The lowest BCUT2D eigenvalue weighted by Crippen LogP contribution is -2.41. The van der Waals surface area contributed by atoms with Crippen LogP contribution in [0.3, 0.4) is 0 Å². The van der Waals surface area contributed by atoms with Crippen LogP contribution in [-0.2, 0) is 4.79 Å². The summed E-state index contributed by atoms with van der Waals surface area (Å²) in [5.74, 6) is 0.185. The molecule has 1 fully saturated rings. The number of imidazole rings is 1. The van der Waals surface area contributed by atoms with Crippen molar-refractivity contribution in [2.45, 2.75) is 19.8 Å². The lowest BCUT2D eigenvalue weighted by atomic mass is 9.97. The van der Waals surface area contributed by atoms with Crippen molar-refractivity contribution >= 4 is 17.4 Å². The quantitative estimate of drug-likeness (QED) is 0.731. The molecule has 9 heteroatoms. The molecule has 0 bridgehead atoms. The molecular weight excluding hydrogens is 378 g/mol. The second kappa shape index (κ2) is 7.94. The fourth-order valence-corrected chi connectivity index (χ4v) is 3.46. The van der Waals surface area contributed by atoms with Crippen LogP contribution >= 0.6 is 0 Å². The molecule has 3 aromatic rings. The Bertz CT molecular complexity index is 1020. The van der Waals surface area contributed by atoms with Gasteiger partial charge >= 0.3 is 0 Å². The van der Waals surface area contributed by atoms with Crippen LogP contribution in [-0.4, -0.2) is 38.7 Å². The van der Waals surface area contributed by atoms with Crippen molar-refractivity contribution in [3.63, 3.8) is 0 Å². The number of aryl methyl sites for hydroxylation is 1. The van der Waals surface area contributed by atoms with E-state index < -0.39 is 11.6 Å². The lowest BCUT2D eigenvalue weighted by molar-refractivity contribution is -0.120. The van der Waals surface area contributed by atoms with Gasteiger partial charge in [-0.3, -0.25) is 9.36 Å². The van der Waals surface area contributed by atoms with Crippen molar-refractivity contribution < 1.29 is 13.6 Å². The molecule has 7 nitrogen and oxygen atoms in total. The highest BCUT2D eigenvalue weighted by atomic mass is 19.1. The molecule has 0 radical (unpaired) electrons. The molecule has 2 aromatic heterocycles. The minimum Gasteiger partial charge on any atom is -0.354 e. The number of carbonyl (C=O) groups is 1. The van der Waals surface area contributed by atoms with E-state index in [1.165, 1.54) is 0 Å². The van der Waals surface area contributed by atoms with E-state index in [1.807, 2.05) is 34.7 Å². The predicted octanol–water partition coefficient (Wildman–Crippen LogP) is 3.10. The van der Waals surface area contributed by atoms with Crippen LogP contribution < -0.4 is 10.2 Å². The number of amides is 1. The molecule has 1 saturated heterocycles. The van der Waals surface area contributed by atoms with E-state index in [0.717, 1.165) is 37.0 Å². The summed E-state index contributed by atoms with van der Waals surface area (Å²) in [6, 6.07) is 6.70. The number of hydrogen-bond acceptors (Lipinski definition) is 5. The monoisotopic (exact) mass is 398 g/mol. The van der Waals surface area contributed by atoms with Gasteiger partial charge in [-0.05, 0) is 44.0 Å². The van der Waals surface area contributed by atoms with Crippen LogP contribution in [0.15, 0.2) is 42.7 Å². The van der Waals surface area contributed by atoms with Gasteiger partial charge in [0, 0.05) is 31.5 Å². The third-order valence-corrected chi connectivity index (χ3v) is 5.01. The first-order valence-electron chi connectivity index (χ1n) is 9.36. The number of rotatable bonds is 4. The van der Waals surface area contributed by atoms with E-state index in [-0.39, 0.29) is 17.5 Å². The molecular formula is C20H20F2N6O. The van der Waals surface area contributed by atoms with E-state index in [2.05, 4.69) is 20.5 Å². The Hall–Kier alpha value is -3.36. The molecule has 0 saturated carbocycles. The van der Waals surface area contributed by atoms with Gasteiger partial charge in [-0.15, -0.1) is 10.2 Å². The maximum absolute atomic E-state index is 13.8. The number of nitrogens with zero attached hydrogens (tertiary/aromatic N) is 5. The zero-order chi connectivity index (χ0) is 20.4. The smallest absolute Gasteiger partial charge is 0.229 e. The maximum atomic E-state index is 13.8. The molecule has 3 heterocycles. The highest BCUT2D eigenvalue weighted by Gasteiger charge is 2.27. The molecule has 0 aliphatic carbocycles. The van der Waals surface area contributed by atoms with Crippen LogP contribution in [0.5, 0.6) is 0 Å². The standard InChI is InChI=1S/C20H20F2N6O/c1-13-23-8-10-28(13)19-7-6-18(25-26-19)27-9-2-3-14(12-27)20(29)24-17-11-15(21)4-5-16(17)22/h4-8,10-11,14H,2-3,9,12H2,1H3,(H,24,29). The molecule has 1 aliphatic heterocycles. The molecule has 1 amide bonds. The van der Waals surface area contributed by atoms with Gasteiger partial charge in [0.15, 0.2) is 11.6 Å². The third-order valence-electron chi connectivity index (χ3n) is 5.01. The number of aromatic nitrogens is 4. The van der Waals surface area contributed by atoms with E-state index in [0.29, 0.717) is 24.6 Å². The van der Waals surface area contributed by atoms with E-state index in [9.17, 15) is 13.6 Å². The van der Waals surface area contributed by atoms with E-state index in [4.69, 9.17) is 0 Å². The average Bonchev–Trinajstić information content (AvgIpc) is 3.17. The Balaban J connectivity index is 1.44. The average molecular weight is 398 g/mol. The Morgan fingerprint density at radius 3 is 2.69 bits per heavy atom. The molecule has 1 atom stereocenters. The first-order chi connectivity index (χ1) is 14.0. The Kier molecular flexibility index (Phi) is 5.20. The predicted molar refractivity (Wildman–Crippen MR) is 104 cm³/mol. The first kappa shape index (κ1) is 19.0. The van der Waals surface area contributed by atoms with Gasteiger partial charge in [0.25, 0.3) is 0 Å². The largest absolute Gasteiger partial charge is 0.354 e. The number of carbonyl (C=O) groups excluding carboxylic acids is 1. The Morgan fingerprint density at radius 1 is 1.17 bits per heavy atom. The van der Waals surface area contributed by atoms with Crippen LogP contribution in [0.4, 0.5) is 20.3 Å². The zero-order valence-corrected chi connectivity index (χ0v) is 15.8. The minimum absolute atomic E-state index is 0.146. The summed E-state index contributed by atoms with van der Waals surface area (Å²) in [7, 11) is 0. The number of benzene rings is 1. The first-order valence-corrected chi connectivity index (χ1v) is 9.36. The van der Waals surface area contributed by atoms with Gasteiger partial charge in [-0.2, -0.15) is 0 Å². The summed E-state index contributed by atoms with van der Waals surface area (Å²) < 4.78 is 29.0. The number of hydrogen-bond donors (Lipinski definition) is 1. The maximum Gasteiger partial charge on any atom is 0.229 e. The molecule has 150 valence electrons. The fraction of sp³-hybridized carbons (Fsp3) is 0.300. The van der Waals surface area contributed by atoms with Crippen molar-refractivity contribution in [1.29, 1.82) is 0 Å². The van der Waals surface area contributed by atoms with Gasteiger partial charge in [-0.1, -0.05) is 0 Å². The molecule has 29 heavy (non-hydrogen) atoms. The topological polar surface area (TPSA) is 75.9 Å². The van der Waals surface area contributed by atoms with E-state index >= 15 is 0 Å². The number of nitrogens with one attached hydrogen (secondary N) is 1. The van der Waals surface area contributed by atoms with Crippen molar-refractivity contribution in [3.8, 4) is 5.82 Å². The van der Waals surface area contributed by atoms with Gasteiger partial charge in [0.1, 0.15) is 17.5 Å². The molecule has 1 aliphatic rings. The van der Waals surface area contributed by atoms with Crippen molar-refractivity contribution in [1.82, 2.24) is 19.7 Å².